The molecule has 0 saturated heterocycles. The highest BCUT2D eigenvalue weighted by atomic mass is 14.6. The van der Waals surface area contributed by atoms with Gasteiger partial charge in [-0.1, -0.05) is 50.0 Å². The Morgan fingerprint density at radius 1 is 1.09 bits per heavy atom. The van der Waals surface area contributed by atoms with Crippen molar-refractivity contribution in [1.82, 2.24) is 0 Å². The topological polar surface area (TPSA) is 0 Å². The molecule has 2 fully saturated rings. The maximum atomic E-state index is 2.64. The van der Waals surface area contributed by atoms with Gasteiger partial charge in [-0.15, -0.1) is 0 Å². The zero-order valence-corrected chi connectivity index (χ0v) is 15.7. The van der Waals surface area contributed by atoms with E-state index in [-0.39, 0.29) is 0 Å². The van der Waals surface area contributed by atoms with Crippen molar-refractivity contribution in [1.29, 1.82) is 0 Å². The van der Waals surface area contributed by atoms with Crippen LogP contribution in [0.3, 0.4) is 0 Å². The van der Waals surface area contributed by atoms with E-state index in [1.165, 1.54) is 70.6 Å². The van der Waals surface area contributed by atoms with Crippen LogP contribution in [-0.2, 0) is 0 Å². The highest BCUT2D eigenvalue weighted by Crippen LogP contribution is 2.63. The predicted octanol–water partition coefficient (Wildman–Crippen LogP) is 7.07. The molecule has 4 aliphatic carbocycles. The van der Waals surface area contributed by atoms with Gasteiger partial charge in [-0.05, 0) is 93.3 Å². The Hall–Kier alpha value is -0.520. The van der Waals surface area contributed by atoms with Crippen molar-refractivity contribution < 1.29 is 0 Å². The molecule has 0 spiro atoms. The Kier molecular flexibility index (Phi) is 4.23. The molecule has 0 amide bonds. The van der Waals surface area contributed by atoms with Gasteiger partial charge in [-0.3, -0.25) is 0 Å². The fourth-order valence-corrected chi connectivity index (χ4v) is 6.91. The summed E-state index contributed by atoms with van der Waals surface area (Å²) in [6.07, 6.45) is 18.4. The Bertz CT molecular complexity index is 522. The highest BCUT2D eigenvalue weighted by Gasteiger charge is 2.52. The molecule has 0 aromatic rings. The number of hydrogen-bond acceptors (Lipinski definition) is 0. The van der Waals surface area contributed by atoms with Crippen molar-refractivity contribution in [2.45, 2.75) is 91.4 Å². The zero-order chi connectivity index (χ0) is 16.0. The van der Waals surface area contributed by atoms with Gasteiger partial charge in [0.1, 0.15) is 0 Å². The highest BCUT2D eigenvalue weighted by molar-refractivity contribution is 5.30. The number of fused-ring (bicyclic) bond motifs is 4. The van der Waals surface area contributed by atoms with E-state index in [0.717, 1.165) is 23.7 Å². The third-order valence-corrected chi connectivity index (χ3v) is 8.15. The molecule has 4 unspecified atom stereocenters. The number of allylic oxidation sites excluding steroid dienone is 4. The van der Waals surface area contributed by atoms with Crippen LogP contribution in [0.15, 0.2) is 22.8 Å². The first kappa shape index (κ1) is 16.0. The molecule has 0 aromatic carbocycles. The smallest absolute Gasteiger partial charge is 0.00850 e. The van der Waals surface area contributed by atoms with Gasteiger partial charge in [-0.25, -0.2) is 0 Å². The van der Waals surface area contributed by atoms with Crippen LogP contribution < -0.4 is 0 Å². The van der Waals surface area contributed by atoms with Crippen LogP contribution >= 0.6 is 0 Å². The first-order valence-electron chi connectivity index (χ1n) is 10.5. The van der Waals surface area contributed by atoms with Gasteiger partial charge in [0, 0.05) is 0 Å². The van der Waals surface area contributed by atoms with E-state index in [1.54, 1.807) is 0 Å². The summed E-state index contributed by atoms with van der Waals surface area (Å²) in [5.74, 6) is 3.95. The molecule has 0 heteroatoms. The van der Waals surface area contributed by atoms with Crippen LogP contribution in [0, 0.1) is 29.1 Å². The number of rotatable bonds is 2. The minimum atomic E-state index is 0.566. The maximum Gasteiger partial charge on any atom is -0.00850 e. The maximum absolute atomic E-state index is 2.64. The van der Waals surface area contributed by atoms with Gasteiger partial charge in [0.25, 0.3) is 0 Å². The normalized spacial score (nSPS) is 44.9. The van der Waals surface area contributed by atoms with Gasteiger partial charge in [0.2, 0.25) is 0 Å². The molecule has 2 saturated carbocycles. The summed E-state index contributed by atoms with van der Waals surface area (Å²) in [6, 6.07) is 0. The summed E-state index contributed by atoms with van der Waals surface area (Å²) in [5, 5.41) is 0. The molecule has 0 aliphatic heterocycles. The monoisotopic (exact) mass is 312 g/mol. The largest absolute Gasteiger partial charge is 0.0848 e. The van der Waals surface area contributed by atoms with E-state index in [9.17, 15) is 0 Å². The summed E-state index contributed by atoms with van der Waals surface area (Å²) in [4.78, 5) is 0. The Labute approximate surface area is 143 Å². The summed E-state index contributed by atoms with van der Waals surface area (Å²) >= 11 is 0. The third-order valence-electron chi connectivity index (χ3n) is 8.15. The van der Waals surface area contributed by atoms with Crippen LogP contribution in [-0.4, -0.2) is 0 Å². The van der Waals surface area contributed by atoms with Crippen LogP contribution in [0.4, 0.5) is 0 Å². The van der Waals surface area contributed by atoms with Crippen molar-refractivity contribution in [2.24, 2.45) is 29.1 Å². The van der Waals surface area contributed by atoms with Crippen LogP contribution in [0.1, 0.15) is 91.4 Å². The SMILES string of the molecule is CCC/C=C1/CCC2C3CCC4=C(CCC(C)C4)C3CC[C@]12C. The molecule has 4 aliphatic rings. The lowest BCUT2D eigenvalue weighted by Crippen LogP contribution is -2.42. The molecule has 0 heterocycles. The summed E-state index contributed by atoms with van der Waals surface area (Å²) < 4.78 is 0. The van der Waals surface area contributed by atoms with Crippen LogP contribution in [0.5, 0.6) is 0 Å². The van der Waals surface area contributed by atoms with Gasteiger partial charge < -0.3 is 0 Å². The first-order chi connectivity index (χ1) is 11.1. The van der Waals surface area contributed by atoms with Crippen molar-refractivity contribution in [3.63, 3.8) is 0 Å². The van der Waals surface area contributed by atoms with Crippen molar-refractivity contribution in [2.75, 3.05) is 0 Å². The lowest BCUT2D eigenvalue weighted by molar-refractivity contribution is 0.0592. The Balaban J connectivity index is 1.59. The minimum Gasteiger partial charge on any atom is -0.0848 e. The average Bonchev–Trinajstić information content (AvgIpc) is 2.89. The van der Waals surface area contributed by atoms with Gasteiger partial charge in [-0.2, -0.15) is 0 Å². The van der Waals surface area contributed by atoms with Crippen molar-refractivity contribution >= 4 is 0 Å². The molecule has 0 nitrogen and oxygen atoms in total. The molecule has 0 bridgehead atoms. The van der Waals surface area contributed by atoms with Crippen molar-refractivity contribution in [3.05, 3.63) is 22.8 Å². The van der Waals surface area contributed by atoms with Gasteiger partial charge >= 0.3 is 0 Å². The summed E-state index contributed by atoms with van der Waals surface area (Å²) in [5.41, 5.74) is 6.29. The van der Waals surface area contributed by atoms with Gasteiger partial charge in [0.05, 0.1) is 0 Å². The van der Waals surface area contributed by atoms with E-state index in [2.05, 4.69) is 26.8 Å². The summed E-state index contributed by atoms with van der Waals surface area (Å²) in [6.45, 7) is 7.42. The first-order valence-corrected chi connectivity index (χ1v) is 10.5. The standard InChI is InChI=1S/C23H36/c1-4-5-6-18-9-12-22-21-11-8-17-15-16(2)7-10-19(17)20(21)13-14-23(18,22)3/h6,16,20-22H,4-5,7-15H2,1-3H3/b18-6-/t16?,20?,21?,22?,23-/m1/s1. The lowest BCUT2D eigenvalue weighted by Gasteiger charge is -2.51. The van der Waals surface area contributed by atoms with E-state index in [1.807, 2.05) is 16.7 Å². The molecule has 0 aromatic heterocycles. The van der Waals surface area contributed by atoms with Crippen molar-refractivity contribution in [3.8, 4) is 0 Å². The molecular formula is C23H36. The minimum absolute atomic E-state index is 0.566. The second-order valence-electron chi connectivity index (χ2n) is 9.41. The second kappa shape index (κ2) is 6.08. The third kappa shape index (κ3) is 2.56. The number of hydrogen-bond donors (Lipinski definition) is 0. The quantitative estimate of drug-likeness (QED) is 0.478. The van der Waals surface area contributed by atoms with Crippen LogP contribution in [0.2, 0.25) is 0 Å². The average molecular weight is 313 g/mol. The van der Waals surface area contributed by atoms with E-state index in [0.29, 0.717) is 5.41 Å². The zero-order valence-electron chi connectivity index (χ0n) is 15.7. The van der Waals surface area contributed by atoms with E-state index < -0.39 is 0 Å². The lowest BCUT2D eigenvalue weighted by atomic mass is 9.53. The fraction of sp³-hybridized carbons (Fsp3) is 0.826. The Morgan fingerprint density at radius 3 is 2.78 bits per heavy atom. The molecule has 128 valence electrons. The fourth-order valence-electron chi connectivity index (χ4n) is 6.91. The molecule has 0 radical (unpaired) electrons. The molecule has 23 heavy (non-hydrogen) atoms. The molecule has 0 N–H and O–H groups in total. The molecule has 4 rings (SSSR count). The number of unbranched alkanes of at least 4 members (excludes halogenated alkanes) is 1. The van der Waals surface area contributed by atoms with E-state index >= 15 is 0 Å². The predicted molar refractivity (Wildman–Crippen MR) is 99.3 cm³/mol. The molecule has 5 atom stereocenters. The van der Waals surface area contributed by atoms with E-state index in [4.69, 9.17) is 0 Å². The summed E-state index contributed by atoms with van der Waals surface area (Å²) in [7, 11) is 0. The van der Waals surface area contributed by atoms with Crippen LogP contribution in [0.25, 0.3) is 0 Å². The Morgan fingerprint density at radius 2 is 1.96 bits per heavy atom. The van der Waals surface area contributed by atoms with Gasteiger partial charge in [0.15, 0.2) is 0 Å². The molecular weight excluding hydrogens is 276 g/mol. The second-order valence-corrected chi connectivity index (χ2v) is 9.41.